The number of hydrogen-bond donors (Lipinski definition) is 1. The molecule has 15 heteroatoms. The van der Waals surface area contributed by atoms with E-state index in [-0.39, 0.29) is 28.0 Å². The molecule has 0 aliphatic carbocycles. The smallest absolute Gasteiger partial charge is 0.410 e. The zero-order chi connectivity index (χ0) is 26.0. The van der Waals surface area contributed by atoms with Crippen LogP contribution in [0.15, 0.2) is 20.1 Å². The molecule has 0 aromatic heterocycles. The highest BCUT2D eigenvalue weighted by Crippen LogP contribution is 2.48. The number of carbonyl (C=O) groups excluding carboxylic acids is 3. The van der Waals surface area contributed by atoms with Gasteiger partial charge in [0.25, 0.3) is 0 Å². The first-order valence-corrected chi connectivity index (χ1v) is 14.2. The Kier molecular flexibility index (Phi) is 8.82. The number of thioether (sulfide) groups is 1. The Labute approximate surface area is 202 Å². The molecule has 0 aromatic rings. The highest BCUT2D eigenvalue weighted by molar-refractivity contribution is 8.27. The second-order valence-corrected chi connectivity index (χ2v) is 13.2. The number of likely N-dealkylation sites (N-methyl/N-ethyl adjacent to an activating group) is 1. The number of amides is 1. The van der Waals surface area contributed by atoms with Gasteiger partial charge in [-0.2, -0.15) is 0 Å². The predicted octanol–water partition coefficient (Wildman–Crippen LogP) is 0.992. The van der Waals surface area contributed by atoms with Gasteiger partial charge in [0.1, 0.15) is 21.2 Å². The molecule has 0 saturated carbocycles. The zero-order valence-corrected chi connectivity index (χ0v) is 21.8. The Balaban J connectivity index is 2.20. The van der Waals surface area contributed by atoms with E-state index in [0.29, 0.717) is 17.3 Å². The number of esters is 2. The quantitative estimate of drug-likeness (QED) is 0.343. The topological polar surface area (TPSA) is 176 Å². The van der Waals surface area contributed by atoms with E-state index < -0.39 is 61.4 Å². The number of carbonyl (C=O) groups is 3. The summed E-state index contributed by atoms with van der Waals surface area (Å²) >= 11 is 0.563. The molecule has 12 nitrogen and oxygen atoms in total. The lowest BCUT2D eigenvalue weighted by Gasteiger charge is -2.32. The van der Waals surface area contributed by atoms with E-state index in [4.69, 9.17) is 19.3 Å². The van der Waals surface area contributed by atoms with Crippen molar-refractivity contribution >= 4 is 49.7 Å². The number of nitrogens with zero attached hydrogens (tertiary/aromatic N) is 1. The summed E-state index contributed by atoms with van der Waals surface area (Å²) in [6.45, 7) is 6.79. The molecule has 0 spiro atoms. The Hall–Kier alpha value is -2.10. The van der Waals surface area contributed by atoms with Gasteiger partial charge >= 0.3 is 18.0 Å². The molecule has 2 rings (SSSR count). The zero-order valence-electron chi connectivity index (χ0n) is 19.3. The van der Waals surface area contributed by atoms with Crippen molar-refractivity contribution in [3.63, 3.8) is 0 Å². The first kappa shape index (κ1) is 28.1. The van der Waals surface area contributed by atoms with Crippen molar-refractivity contribution in [2.75, 3.05) is 13.2 Å². The minimum atomic E-state index is -4.24. The SMILES string of the molecule is CCN(C(=O)OC(C)COC(=O)[C@H](C)OC(C)=O)[C@H]1C=C(S(N)(=O)=O)SC2=C1C[C@H](C)S2(=O)=O. The van der Waals surface area contributed by atoms with Crippen LogP contribution in [-0.4, -0.2) is 76.4 Å². The summed E-state index contributed by atoms with van der Waals surface area (Å²) in [7, 11) is -8.01. The fourth-order valence-electron chi connectivity index (χ4n) is 3.35. The van der Waals surface area contributed by atoms with Gasteiger partial charge in [0.05, 0.1) is 11.3 Å². The van der Waals surface area contributed by atoms with Gasteiger partial charge in [0.15, 0.2) is 15.9 Å². The third kappa shape index (κ3) is 6.31. The Morgan fingerprint density at radius 3 is 2.41 bits per heavy atom. The second-order valence-electron chi connectivity index (χ2n) is 7.81. The molecule has 0 bridgehead atoms. The summed E-state index contributed by atoms with van der Waals surface area (Å²) in [5.41, 5.74) is 0.387. The van der Waals surface area contributed by atoms with Crippen molar-refractivity contribution < 1.29 is 45.4 Å². The van der Waals surface area contributed by atoms with Gasteiger partial charge in [0.2, 0.25) is 10.0 Å². The predicted molar refractivity (Wildman–Crippen MR) is 123 cm³/mol. The summed E-state index contributed by atoms with van der Waals surface area (Å²) in [5, 5.41) is 4.47. The summed E-state index contributed by atoms with van der Waals surface area (Å²) in [6, 6.07) is -1.000. The maximum absolute atomic E-state index is 12.9. The minimum absolute atomic E-state index is 0.0593. The van der Waals surface area contributed by atoms with Crippen LogP contribution in [0.5, 0.6) is 0 Å². The van der Waals surface area contributed by atoms with Crippen LogP contribution in [-0.2, 0) is 43.7 Å². The number of rotatable bonds is 8. The van der Waals surface area contributed by atoms with Crippen molar-refractivity contribution in [1.29, 1.82) is 0 Å². The maximum atomic E-state index is 12.9. The van der Waals surface area contributed by atoms with Crippen molar-refractivity contribution in [2.45, 2.75) is 64.5 Å². The van der Waals surface area contributed by atoms with Crippen LogP contribution in [0.1, 0.15) is 41.0 Å². The number of ether oxygens (including phenoxy) is 3. The fraction of sp³-hybridized carbons (Fsp3) is 0.632. The van der Waals surface area contributed by atoms with Crippen LogP contribution in [0.3, 0.4) is 0 Å². The summed E-state index contributed by atoms with van der Waals surface area (Å²) in [6.07, 6.45) is -1.55. The lowest BCUT2D eigenvalue weighted by molar-refractivity contribution is -0.167. The highest BCUT2D eigenvalue weighted by atomic mass is 32.3. The normalized spacial score (nSPS) is 23.3. The molecule has 0 radical (unpaired) electrons. The van der Waals surface area contributed by atoms with Gasteiger partial charge in [-0.1, -0.05) is 11.8 Å². The monoisotopic (exact) mass is 540 g/mol. The van der Waals surface area contributed by atoms with Gasteiger partial charge in [-0.15, -0.1) is 0 Å². The van der Waals surface area contributed by atoms with E-state index in [1.807, 2.05) is 0 Å². The van der Waals surface area contributed by atoms with E-state index in [2.05, 4.69) is 0 Å². The molecule has 4 atom stereocenters. The summed E-state index contributed by atoms with van der Waals surface area (Å²) < 4.78 is 64.0. The number of nitrogens with two attached hydrogens (primary N) is 1. The Morgan fingerprint density at radius 2 is 1.88 bits per heavy atom. The van der Waals surface area contributed by atoms with Gasteiger partial charge < -0.3 is 14.2 Å². The standard InChI is InChI=1S/C19H28N2O10S3/c1-6-21(19(24)30-10(2)9-29-17(23)12(4)31-13(5)22)15-8-16(34(20,27)28)32-18-14(15)7-11(3)33(18,25)26/h8,10-12,15H,6-7,9H2,1-5H3,(H2,20,27,28)/t10?,11-,12-,15-/m0/s1. The second kappa shape index (κ2) is 10.7. The van der Waals surface area contributed by atoms with E-state index in [1.165, 1.54) is 31.7 Å². The number of hydrogen-bond acceptors (Lipinski definition) is 11. The van der Waals surface area contributed by atoms with Gasteiger partial charge in [0, 0.05) is 13.5 Å². The molecule has 1 unspecified atom stereocenters. The molecule has 0 aromatic carbocycles. The minimum Gasteiger partial charge on any atom is -0.459 e. The third-order valence-electron chi connectivity index (χ3n) is 5.03. The number of sulfone groups is 1. The lowest BCUT2D eigenvalue weighted by atomic mass is 10.0. The van der Waals surface area contributed by atoms with Crippen molar-refractivity contribution in [3.8, 4) is 0 Å². The summed E-state index contributed by atoms with van der Waals surface area (Å²) in [4.78, 5) is 36.9. The van der Waals surface area contributed by atoms with Crippen LogP contribution < -0.4 is 5.14 Å². The first-order chi connectivity index (χ1) is 15.6. The van der Waals surface area contributed by atoms with E-state index in [9.17, 15) is 31.2 Å². The molecule has 34 heavy (non-hydrogen) atoms. The van der Waals surface area contributed by atoms with E-state index in [1.54, 1.807) is 6.92 Å². The molecule has 192 valence electrons. The van der Waals surface area contributed by atoms with Crippen LogP contribution in [0.4, 0.5) is 4.79 Å². The molecule has 2 aliphatic heterocycles. The molecule has 1 amide bonds. The van der Waals surface area contributed by atoms with Crippen LogP contribution in [0.25, 0.3) is 0 Å². The molecule has 2 aliphatic rings. The average molecular weight is 541 g/mol. The highest BCUT2D eigenvalue weighted by Gasteiger charge is 2.45. The van der Waals surface area contributed by atoms with Gasteiger partial charge in [-0.05, 0) is 45.8 Å². The van der Waals surface area contributed by atoms with E-state index >= 15 is 0 Å². The van der Waals surface area contributed by atoms with Gasteiger partial charge in [-0.25, -0.2) is 31.6 Å². The molecule has 2 heterocycles. The Morgan fingerprint density at radius 1 is 1.26 bits per heavy atom. The third-order valence-corrected chi connectivity index (χ3v) is 10.4. The van der Waals surface area contributed by atoms with Crippen LogP contribution in [0.2, 0.25) is 0 Å². The van der Waals surface area contributed by atoms with Crippen LogP contribution in [0, 0.1) is 0 Å². The molecule has 0 saturated heterocycles. The number of primary sulfonamides is 1. The molecule has 2 N–H and O–H groups in total. The molecular formula is C19H28N2O10S3. The largest absolute Gasteiger partial charge is 0.459 e. The van der Waals surface area contributed by atoms with Gasteiger partial charge in [-0.3, -0.25) is 9.69 Å². The maximum Gasteiger partial charge on any atom is 0.410 e. The number of sulfonamides is 1. The van der Waals surface area contributed by atoms with Crippen molar-refractivity contribution in [2.24, 2.45) is 5.14 Å². The van der Waals surface area contributed by atoms with Crippen LogP contribution >= 0.6 is 11.8 Å². The lowest BCUT2D eigenvalue weighted by Crippen LogP contribution is -2.43. The van der Waals surface area contributed by atoms with Crippen molar-refractivity contribution in [1.82, 2.24) is 4.90 Å². The molecule has 0 fully saturated rings. The summed E-state index contributed by atoms with van der Waals surface area (Å²) in [5.74, 6) is -1.48. The molecular weight excluding hydrogens is 512 g/mol. The fourth-order valence-corrected chi connectivity index (χ4v) is 7.81. The van der Waals surface area contributed by atoms with Crippen molar-refractivity contribution in [3.05, 3.63) is 20.1 Å². The van der Waals surface area contributed by atoms with E-state index in [0.717, 1.165) is 6.92 Å². The Bertz CT molecular complexity index is 1130. The average Bonchev–Trinajstić information content (AvgIpc) is 2.94. The first-order valence-electron chi connectivity index (χ1n) is 10.3.